The summed E-state index contributed by atoms with van der Waals surface area (Å²) < 4.78 is 2.64. The van der Waals surface area contributed by atoms with Crippen molar-refractivity contribution in [2.24, 2.45) is 0 Å². The Bertz CT molecular complexity index is 2850. The summed E-state index contributed by atoms with van der Waals surface area (Å²) >= 11 is 1.89. The van der Waals surface area contributed by atoms with Gasteiger partial charge in [0.15, 0.2) is 0 Å². The molecule has 0 aliphatic rings. The third kappa shape index (κ3) is 4.17. The molecule has 10 rings (SSSR count). The number of fused-ring (bicyclic) bond motifs is 10. The van der Waals surface area contributed by atoms with E-state index in [4.69, 9.17) is 0 Å². The van der Waals surface area contributed by atoms with Gasteiger partial charge in [-0.05, 0) is 67.5 Å². The van der Waals surface area contributed by atoms with E-state index in [1.165, 1.54) is 74.4 Å². The average molecular weight is 628 g/mol. The summed E-state index contributed by atoms with van der Waals surface area (Å²) in [6, 6.07) is 64.5. The molecule has 0 aliphatic carbocycles. The zero-order valence-electron chi connectivity index (χ0n) is 26.1. The van der Waals surface area contributed by atoms with E-state index in [0.717, 1.165) is 17.1 Å². The van der Waals surface area contributed by atoms with Gasteiger partial charge >= 0.3 is 0 Å². The van der Waals surface area contributed by atoms with Crippen LogP contribution in [0.1, 0.15) is 0 Å². The molecule has 0 aliphatic heterocycles. The summed E-state index contributed by atoms with van der Waals surface area (Å²) in [7, 11) is 0. The van der Waals surface area contributed by atoms with Crippen molar-refractivity contribution in [1.82, 2.24) is 0 Å². The minimum absolute atomic E-state index is 1.15. The SMILES string of the molecule is c1ccc(-c2ccccc2N(c2ccc3c(c2)sc2c4ccccc4ccc32)c2cccc3c2ccc2ccc4ccccc4c23)cc1. The first kappa shape index (κ1) is 27.2. The van der Waals surface area contributed by atoms with Crippen molar-refractivity contribution in [3.63, 3.8) is 0 Å². The molecule has 0 spiro atoms. The highest BCUT2D eigenvalue weighted by Gasteiger charge is 2.21. The molecule has 1 heterocycles. The standard InChI is InChI=1S/C46H29NS/c1-2-11-30(12-3-1)35-15-8-9-19-42(35)47(34-25-28-39-41-27-23-32-14-5-7-17-37(32)46(41)48-44(39)29-34)43-20-10-18-40-38(43)26-24-33-22-21-31-13-4-6-16-36(31)45(33)40/h1-29H. The predicted octanol–water partition coefficient (Wildman–Crippen LogP) is 13.8. The number of anilines is 3. The molecular formula is C46H29NS. The van der Waals surface area contributed by atoms with Gasteiger partial charge in [0.1, 0.15) is 0 Å². The van der Waals surface area contributed by atoms with E-state index in [1.54, 1.807) is 0 Å². The Morgan fingerprint density at radius 2 is 1.00 bits per heavy atom. The monoisotopic (exact) mass is 627 g/mol. The predicted molar refractivity (Wildman–Crippen MR) is 209 cm³/mol. The van der Waals surface area contributed by atoms with Crippen LogP contribution in [0.3, 0.4) is 0 Å². The molecule has 0 bridgehead atoms. The Balaban J connectivity index is 1.28. The van der Waals surface area contributed by atoms with Crippen molar-refractivity contribution in [3.05, 3.63) is 176 Å². The second kappa shape index (κ2) is 10.8. The van der Waals surface area contributed by atoms with Crippen LogP contribution >= 0.6 is 11.3 Å². The molecule has 9 aromatic carbocycles. The lowest BCUT2D eigenvalue weighted by Crippen LogP contribution is -2.11. The molecule has 0 unspecified atom stereocenters. The number of hydrogen-bond donors (Lipinski definition) is 0. The van der Waals surface area contributed by atoms with Crippen molar-refractivity contribution < 1.29 is 0 Å². The average Bonchev–Trinajstić information content (AvgIpc) is 3.54. The van der Waals surface area contributed by atoms with Gasteiger partial charge in [-0.3, -0.25) is 0 Å². The molecule has 1 nitrogen and oxygen atoms in total. The van der Waals surface area contributed by atoms with E-state index >= 15 is 0 Å². The van der Waals surface area contributed by atoms with E-state index in [0.29, 0.717) is 0 Å². The largest absolute Gasteiger partial charge is 0.309 e. The second-order valence-corrected chi connectivity index (χ2v) is 13.5. The van der Waals surface area contributed by atoms with Crippen LogP contribution in [0.25, 0.3) is 74.4 Å². The van der Waals surface area contributed by atoms with Crippen LogP contribution in [0.4, 0.5) is 17.1 Å². The number of nitrogens with zero attached hydrogens (tertiary/aromatic N) is 1. The fraction of sp³-hybridized carbons (Fsp3) is 0. The van der Waals surface area contributed by atoms with Gasteiger partial charge in [0, 0.05) is 36.8 Å². The zero-order chi connectivity index (χ0) is 31.6. The molecule has 1 aromatic heterocycles. The minimum Gasteiger partial charge on any atom is -0.309 e. The quantitative estimate of drug-likeness (QED) is 0.176. The first-order valence-electron chi connectivity index (χ1n) is 16.4. The Labute approximate surface area is 282 Å². The van der Waals surface area contributed by atoms with Gasteiger partial charge in [0.25, 0.3) is 0 Å². The first-order chi connectivity index (χ1) is 23.8. The van der Waals surface area contributed by atoms with Gasteiger partial charge in [-0.2, -0.15) is 0 Å². The molecule has 0 saturated carbocycles. The van der Waals surface area contributed by atoms with Crippen molar-refractivity contribution >= 4 is 91.7 Å². The Hall–Kier alpha value is -5.96. The van der Waals surface area contributed by atoms with Crippen molar-refractivity contribution in [1.29, 1.82) is 0 Å². The Morgan fingerprint density at radius 3 is 1.90 bits per heavy atom. The van der Waals surface area contributed by atoms with Gasteiger partial charge in [-0.1, -0.05) is 152 Å². The van der Waals surface area contributed by atoms with Gasteiger partial charge in [0.05, 0.1) is 11.4 Å². The van der Waals surface area contributed by atoms with Crippen LogP contribution in [0.2, 0.25) is 0 Å². The van der Waals surface area contributed by atoms with Crippen molar-refractivity contribution in [2.75, 3.05) is 4.90 Å². The van der Waals surface area contributed by atoms with Crippen molar-refractivity contribution in [2.45, 2.75) is 0 Å². The van der Waals surface area contributed by atoms with Gasteiger partial charge < -0.3 is 4.90 Å². The molecule has 0 amide bonds. The lowest BCUT2D eigenvalue weighted by molar-refractivity contribution is 1.30. The normalized spacial score (nSPS) is 11.8. The fourth-order valence-electron chi connectivity index (χ4n) is 7.61. The highest BCUT2D eigenvalue weighted by molar-refractivity contribution is 7.26. The highest BCUT2D eigenvalue weighted by atomic mass is 32.1. The third-order valence-corrected chi connectivity index (χ3v) is 11.0. The van der Waals surface area contributed by atoms with Crippen LogP contribution in [0.5, 0.6) is 0 Å². The highest BCUT2D eigenvalue weighted by Crippen LogP contribution is 2.47. The number of para-hydroxylation sites is 1. The summed E-state index contributed by atoms with van der Waals surface area (Å²) in [5.74, 6) is 0. The second-order valence-electron chi connectivity index (χ2n) is 12.5. The zero-order valence-corrected chi connectivity index (χ0v) is 26.9. The number of rotatable bonds is 4. The summed E-state index contributed by atoms with van der Waals surface area (Å²) in [4.78, 5) is 2.48. The topological polar surface area (TPSA) is 3.24 Å². The Morgan fingerprint density at radius 1 is 0.375 bits per heavy atom. The smallest absolute Gasteiger partial charge is 0.0540 e. The van der Waals surface area contributed by atoms with Gasteiger partial charge in [0.2, 0.25) is 0 Å². The molecule has 0 saturated heterocycles. The molecule has 224 valence electrons. The molecule has 2 heteroatoms. The summed E-state index contributed by atoms with van der Waals surface area (Å²) in [5, 5.41) is 12.8. The van der Waals surface area contributed by atoms with Crippen LogP contribution in [-0.4, -0.2) is 0 Å². The summed E-state index contributed by atoms with van der Waals surface area (Å²) in [6.07, 6.45) is 0. The lowest BCUT2D eigenvalue weighted by atomic mass is 9.95. The lowest BCUT2D eigenvalue weighted by Gasteiger charge is -2.29. The van der Waals surface area contributed by atoms with Crippen molar-refractivity contribution in [3.8, 4) is 11.1 Å². The number of benzene rings is 9. The van der Waals surface area contributed by atoms with E-state index in [9.17, 15) is 0 Å². The minimum atomic E-state index is 1.15. The molecule has 0 atom stereocenters. The maximum absolute atomic E-state index is 2.48. The first-order valence-corrected chi connectivity index (χ1v) is 17.3. The van der Waals surface area contributed by atoms with E-state index in [2.05, 4.69) is 181 Å². The van der Waals surface area contributed by atoms with Gasteiger partial charge in [-0.15, -0.1) is 11.3 Å². The molecule has 0 N–H and O–H groups in total. The van der Waals surface area contributed by atoms with E-state index < -0.39 is 0 Å². The fourth-order valence-corrected chi connectivity index (χ4v) is 8.88. The van der Waals surface area contributed by atoms with Crippen LogP contribution in [0.15, 0.2) is 176 Å². The van der Waals surface area contributed by atoms with Crippen LogP contribution in [0, 0.1) is 0 Å². The maximum Gasteiger partial charge on any atom is 0.0540 e. The van der Waals surface area contributed by atoms with Gasteiger partial charge in [-0.25, -0.2) is 0 Å². The molecule has 0 fully saturated rings. The molecule has 48 heavy (non-hydrogen) atoms. The van der Waals surface area contributed by atoms with Crippen LogP contribution < -0.4 is 4.90 Å². The number of thiophene rings is 1. The third-order valence-electron chi connectivity index (χ3n) is 9.82. The van der Waals surface area contributed by atoms with E-state index in [1.807, 2.05) is 11.3 Å². The molecular weight excluding hydrogens is 599 g/mol. The maximum atomic E-state index is 2.48. The van der Waals surface area contributed by atoms with E-state index in [-0.39, 0.29) is 0 Å². The molecule has 10 aromatic rings. The summed E-state index contributed by atoms with van der Waals surface area (Å²) in [5.41, 5.74) is 5.86. The molecule has 0 radical (unpaired) electrons. The van der Waals surface area contributed by atoms with Crippen LogP contribution in [-0.2, 0) is 0 Å². The Kier molecular flexibility index (Phi) is 6.12. The summed E-state index contributed by atoms with van der Waals surface area (Å²) in [6.45, 7) is 0. The number of hydrogen-bond acceptors (Lipinski definition) is 2.